The van der Waals surface area contributed by atoms with Crippen molar-refractivity contribution >= 4 is 5.69 Å². The van der Waals surface area contributed by atoms with E-state index >= 15 is 0 Å². The summed E-state index contributed by atoms with van der Waals surface area (Å²) in [6.07, 6.45) is 2.01. The topological polar surface area (TPSA) is 12.0 Å². The van der Waals surface area contributed by atoms with E-state index in [4.69, 9.17) is 0 Å². The minimum atomic E-state index is -0.207. The second-order valence-electron chi connectivity index (χ2n) is 4.71. The molecule has 1 unspecified atom stereocenters. The summed E-state index contributed by atoms with van der Waals surface area (Å²) < 4.78 is 13.2. The van der Waals surface area contributed by atoms with E-state index in [2.05, 4.69) is 43.4 Å². The number of anilines is 1. The predicted octanol–water partition coefficient (Wildman–Crippen LogP) is 4.95. The summed E-state index contributed by atoms with van der Waals surface area (Å²) in [5.41, 5.74) is 3.40. The molecule has 100 valence electrons. The minimum Gasteiger partial charge on any atom is -0.378 e. The van der Waals surface area contributed by atoms with Gasteiger partial charge < -0.3 is 5.32 Å². The van der Waals surface area contributed by atoms with Gasteiger partial charge in [0.2, 0.25) is 0 Å². The van der Waals surface area contributed by atoms with Crippen LogP contribution in [0.2, 0.25) is 0 Å². The molecule has 2 heteroatoms. The van der Waals surface area contributed by atoms with E-state index in [1.807, 2.05) is 6.07 Å². The summed E-state index contributed by atoms with van der Waals surface area (Å²) in [6.45, 7) is 4.28. The lowest BCUT2D eigenvalue weighted by Crippen LogP contribution is -2.09. The Hall–Kier alpha value is -1.83. The van der Waals surface area contributed by atoms with Gasteiger partial charge in [0.1, 0.15) is 5.82 Å². The predicted molar refractivity (Wildman–Crippen MR) is 78.9 cm³/mol. The van der Waals surface area contributed by atoms with Gasteiger partial charge in [0.05, 0.1) is 6.04 Å². The Balaban J connectivity index is 2.15. The van der Waals surface area contributed by atoms with Crippen LogP contribution in [0.1, 0.15) is 37.4 Å². The van der Waals surface area contributed by atoms with E-state index in [1.54, 1.807) is 6.07 Å². The number of rotatable bonds is 5. The lowest BCUT2D eigenvalue weighted by molar-refractivity contribution is 0.627. The maximum absolute atomic E-state index is 13.2. The summed E-state index contributed by atoms with van der Waals surface area (Å²) in [4.78, 5) is 0. The molecule has 0 bridgehead atoms. The molecule has 1 atom stereocenters. The molecule has 0 saturated carbocycles. The lowest BCUT2D eigenvalue weighted by Gasteiger charge is -2.19. The smallest absolute Gasteiger partial charge is 0.125 e. The van der Waals surface area contributed by atoms with E-state index < -0.39 is 0 Å². The summed E-state index contributed by atoms with van der Waals surface area (Å²) in [7, 11) is 0. The van der Waals surface area contributed by atoms with Gasteiger partial charge in [-0.25, -0.2) is 4.39 Å². The molecule has 19 heavy (non-hydrogen) atoms. The third-order valence-electron chi connectivity index (χ3n) is 3.36. The van der Waals surface area contributed by atoms with Crippen molar-refractivity contribution < 1.29 is 4.39 Å². The Morgan fingerprint density at radius 2 is 1.79 bits per heavy atom. The first-order valence-electron chi connectivity index (χ1n) is 6.84. The van der Waals surface area contributed by atoms with Gasteiger partial charge in [-0.2, -0.15) is 0 Å². The van der Waals surface area contributed by atoms with E-state index in [0.717, 1.165) is 18.5 Å². The fourth-order valence-corrected chi connectivity index (χ4v) is 2.19. The average Bonchev–Trinajstić information content (AvgIpc) is 2.45. The highest BCUT2D eigenvalue weighted by Gasteiger charge is 2.09. The molecule has 1 N–H and O–H groups in total. The van der Waals surface area contributed by atoms with Crippen LogP contribution >= 0.6 is 0 Å². The maximum Gasteiger partial charge on any atom is 0.125 e. The van der Waals surface area contributed by atoms with E-state index in [1.165, 1.54) is 23.3 Å². The number of hydrogen-bond donors (Lipinski definition) is 1. The first kappa shape index (κ1) is 13.6. The van der Waals surface area contributed by atoms with Gasteiger partial charge in [0.15, 0.2) is 0 Å². The standard InChI is InChI=1S/C17H20FN/c1-3-13-8-10-14(11-9-13)17(4-2)19-16-7-5-6-15(18)12-16/h5-12,17,19H,3-4H2,1-2H3. The van der Waals surface area contributed by atoms with Crippen molar-refractivity contribution in [3.63, 3.8) is 0 Å². The number of nitrogens with one attached hydrogen (secondary N) is 1. The van der Waals surface area contributed by atoms with Gasteiger partial charge in [0, 0.05) is 5.69 Å². The lowest BCUT2D eigenvalue weighted by atomic mass is 10.0. The molecule has 0 amide bonds. The van der Waals surface area contributed by atoms with E-state index in [9.17, 15) is 4.39 Å². The summed E-state index contributed by atoms with van der Waals surface area (Å²) >= 11 is 0. The zero-order chi connectivity index (χ0) is 13.7. The molecule has 0 aliphatic heterocycles. The van der Waals surface area contributed by atoms with Gasteiger partial charge >= 0.3 is 0 Å². The zero-order valence-electron chi connectivity index (χ0n) is 11.5. The second kappa shape index (κ2) is 6.37. The average molecular weight is 257 g/mol. The van der Waals surface area contributed by atoms with Crippen molar-refractivity contribution in [1.82, 2.24) is 0 Å². The molecular weight excluding hydrogens is 237 g/mol. The Morgan fingerprint density at radius 1 is 1.05 bits per heavy atom. The van der Waals surface area contributed by atoms with Crippen molar-refractivity contribution in [3.05, 3.63) is 65.5 Å². The van der Waals surface area contributed by atoms with Crippen LogP contribution in [0.25, 0.3) is 0 Å². The molecule has 0 saturated heterocycles. The maximum atomic E-state index is 13.2. The molecule has 0 aromatic heterocycles. The number of aryl methyl sites for hydroxylation is 1. The highest BCUT2D eigenvalue weighted by atomic mass is 19.1. The van der Waals surface area contributed by atoms with Crippen molar-refractivity contribution in [2.75, 3.05) is 5.32 Å². The molecule has 2 rings (SSSR count). The molecule has 2 aromatic rings. The number of halogens is 1. The minimum absolute atomic E-state index is 0.207. The molecule has 0 spiro atoms. The molecule has 0 aliphatic carbocycles. The van der Waals surface area contributed by atoms with Crippen LogP contribution in [0.15, 0.2) is 48.5 Å². The van der Waals surface area contributed by atoms with Crippen LogP contribution < -0.4 is 5.32 Å². The molecule has 0 radical (unpaired) electrons. The molecule has 1 nitrogen and oxygen atoms in total. The highest BCUT2D eigenvalue weighted by Crippen LogP contribution is 2.23. The second-order valence-corrected chi connectivity index (χ2v) is 4.71. The zero-order valence-corrected chi connectivity index (χ0v) is 11.5. The van der Waals surface area contributed by atoms with Crippen LogP contribution in [0.4, 0.5) is 10.1 Å². The summed E-state index contributed by atoms with van der Waals surface area (Å²) in [5.74, 6) is -0.207. The van der Waals surface area contributed by atoms with Gasteiger partial charge in [-0.1, -0.05) is 44.2 Å². The van der Waals surface area contributed by atoms with Crippen molar-refractivity contribution in [1.29, 1.82) is 0 Å². The van der Waals surface area contributed by atoms with Gasteiger partial charge in [-0.15, -0.1) is 0 Å². The van der Waals surface area contributed by atoms with Gasteiger partial charge in [-0.05, 0) is 42.2 Å². The first-order chi connectivity index (χ1) is 9.22. The first-order valence-corrected chi connectivity index (χ1v) is 6.84. The van der Waals surface area contributed by atoms with Crippen LogP contribution in [-0.4, -0.2) is 0 Å². The SMILES string of the molecule is CCc1ccc(C(CC)Nc2cccc(F)c2)cc1. The fourth-order valence-electron chi connectivity index (χ4n) is 2.19. The summed E-state index contributed by atoms with van der Waals surface area (Å²) in [6, 6.07) is 15.4. The monoisotopic (exact) mass is 257 g/mol. The molecule has 0 heterocycles. The van der Waals surface area contributed by atoms with Crippen molar-refractivity contribution in [2.24, 2.45) is 0 Å². The molecule has 0 fully saturated rings. The number of hydrogen-bond acceptors (Lipinski definition) is 1. The molecule has 2 aromatic carbocycles. The Labute approximate surface area is 114 Å². The van der Waals surface area contributed by atoms with Crippen LogP contribution in [-0.2, 0) is 6.42 Å². The van der Waals surface area contributed by atoms with Gasteiger partial charge in [0.25, 0.3) is 0 Å². The number of benzene rings is 2. The Bertz CT molecular complexity index is 519. The third-order valence-corrected chi connectivity index (χ3v) is 3.36. The Morgan fingerprint density at radius 3 is 2.37 bits per heavy atom. The quantitative estimate of drug-likeness (QED) is 0.799. The van der Waals surface area contributed by atoms with E-state index in [-0.39, 0.29) is 11.9 Å². The van der Waals surface area contributed by atoms with Gasteiger partial charge in [-0.3, -0.25) is 0 Å². The fraction of sp³-hybridized carbons (Fsp3) is 0.294. The summed E-state index contributed by atoms with van der Waals surface area (Å²) in [5, 5.41) is 3.38. The van der Waals surface area contributed by atoms with Crippen molar-refractivity contribution in [3.8, 4) is 0 Å². The Kier molecular flexibility index (Phi) is 4.56. The van der Waals surface area contributed by atoms with Crippen LogP contribution in [0.3, 0.4) is 0 Å². The molecule has 0 aliphatic rings. The van der Waals surface area contributed by atoms with Crippen LogP contribution in [0, 0.1) is 5.82 Å². The van der Waals surface area contributed by atoms with Crippen molar-refractivity contribution in [2.45, 2.75) is 32.7 Å². The normalized spacial score (nSPS) is 12.2. The van der Waals surface area contributed by atoms with Crippen LogP contribution in [0.5, 0.6) is 0 Å². The molecular formula is C17H20FN. The largest absolute Gasteiger partial charge is 0.378 e. The van der Waals surface area contributed by atoms with E-state index in [0.29, 0.717) is 0 Å². The highest BCUT2D eigenvalue weighted by molar-refractivity contribution is 5.45. The third kappa shape index (κ3) is 3.57.